The molecule has 1 fully saturated rings. The fraction of sp³-hybridized carbons (Fsp3) is 0.588. The molecule has 156 valence electrons. The molecule has 0 bridgehead atoms. The molecule has 0 amide bonds. The predicted octanol–water partition coefficient (Wildman–Crippen LogP) is 4.13. The molecule has 1 N–H and O–H groups in total. The number of hydrogen-bond donors (Lipinski definition) is 1. The van der Waals surface area contributed by atoms with Gasteiger partial charge in [0.05, 0.1) is 10.3 Å². The number of nitrogens with zero attached hydrogens (tertiary/aromatic N) is 2. The predicted molar refractivity (Wildman–Crippen MR) is 91.8 cm³/mol. The monoisotopic (exact) mass is 407 g/mol. The summed E-state index contributed by atoms with van der Waals surface area (Å²) in [6.07, 6.45) is -4.59. The molecule has 0 aliphatic carbocycles. The molecule has 0 atom stereocenters. The van der Waals surface area contributed by atoms with E-state index in [1.54, 1.807) is 20.8 Å². The number of rotatable bonds is 4. The lowest BCUT2D eigenvalue weighted by molar-refractivity contribution is -0.384. The highest BCUT2D eigenvalue weighted by Crippen LogP contribution is 2.42. The topological polar surface area (TPSA) is 84.7 Å². The number of carbonyl (C=O) groups excluding carboxylic acids is 1. The van der Waals surface area contributed by atoms with E-state index in [1.165, 1.54) is 5.06 Å². The van der Waals surface area contributed by atoms with Gasteiger partial charge in [-0.2, -0.15) is 13.2 Å². The lowest BCUT2D eigenvalue weighted by atomic mass is 9.98. The molecule has 1 heterocycles. The number of halogens is 4. The summed E-state index contributed by atoms with van der Waals surface area (Å²) in [6, 6.07) is 0.555. The van der Waals surface area contributed by atoms with Crippen LogP contribution in [0.15, 0.2) is 12.1 Å². The van der Waals surface area contributed by atoms with E-state index < -0.39 is 51.3 Å². The van der Waals surface area contributed by atoms with Gasteiger partial charge in [0.25, 0.3) is 5.69 Å². The first-order valence-corrected chi connectivity index (χ1v) is 8.58. The van der Waals surface area contributed by atoms with Crippen LogP contribution in [0.3, 0.4) is 0 Å². The van der Waals surface area contributed by atoms with Crippen molar-refractivity contribution in [1.82, 2.24) is 5.06 Å². The van der Waals surface area contributed by atoms with Crippen molar-refractivity contribution in [1.29, 1.82) is 0 Å². The zero-order valence-electron chi connectivity index (χ0n) is 15.6. The Labute approximate surface area is 158 Å². The zero-order chi connectivity index (χ0) is 21.3. The Kier molecular flexibility index (Phi) is 6.17. The second kappa shape index (κ2) is 7.90. The smallest absolute Gasteiger partial charge is 0.376 e. The summed E-state index contributed by atoms with van der Waals surface area (Å²) in [5.74, 6) is -2.03. The maximum Gasteiger partial charge on any atom is 0.421 e. The average Bonchev–Trinajstić information content (AvgIpc) is 2.54. The number of benzene rings is 1. The molecule has 0 radical (unpaired) electrons. The number of nitro groups is 1. The highest BCUT2D eigenvalue weighted by atomic mass is 19.4. The molecule has 11 heteroatoms. The lowest BCUT2D eigenvalue weighted by Crippen LogP contribution is -2.42. The third-order valence-electron chi connectivity index (χ3n) is 4.24. The summed E-state index contributed by atoms with van der Waals surface area (Å²) in [5, 5.41) is 15.0. The Morgan fingerprint density at radius 1 is 1.25 bits per heavy atom. The lowest BCUT2D eigenvalue weighted by Gasteiger charge is -2.33. The summed E-state index contributed by atoms with van der Waals surface area (Å²) in [5.41, 5.74) is -4.14. The number of hydroxylamine groups is 2. The van der Waals surface area contributed by atoms with Crippen molar-refractivity contribution in [2.24, 2.45) is 5.41 Å². The van der Waals surface area contributed by atoms with Gasteiger partial charge < -0.3 is 10.2 Å². The molecule has 1 aliphatic rings. The van der Waals surface area contributed by atoms with E-state index in [2.05, 4.69) is 5.32 Å². The summed E-state index contributed by atoms with van der Waals surface area (Å²) in [4.78, 5) is 27.3. The fourth-order valence-electron chi connectivity index (χ4n) is 2.69. The highest BCUT2D eigenvalue weighted by Gasteiger charge is 2.41. The van der Waals surface area contributed by atoms with Crippen molar-refractivity contribution in [3.05, 3.63) is 33.6 Å². The molecule has 7 nitrogen and oxygen atoms in total. The van der Waals surface area contributed by atoms with Crippen LogP contribution in [0.5, 0.6) is 0 Å². The van der Waals surface area contributed by atoms with Gasteiger partial charge in [0, 0.05) is 25.2 Å². The third-order valence-corrected chi connectivity index (χ3v) is 4.24. The average molecular weight is 407 g/mol. The minimum Gasteiger partial charge on any atom is -0.376 e. The molecule has 1 aliphatic heterocycles. The van der Waals surface area contributed by atoms with Crippen LogP contribution in [0.4, 0.5) is 28.9 Å². The van der Waals surface area contributed by atoms with Crippen molar-refractivity contribution < 1.29 is 32.1 Å². The molecule has 0 aromatic heterocycles. The van der Waals surface area contributed by atoms with Crippen molar-refractivity contribution in [3.63, 3.8) is 0 Å². The van der Waals surface area contributed by atoms with Crippen LogP contribution in [-0.2, 0) is 15.8 Å². The number of nitro benzene ring substituents is 1. The van der Waals surface area contributed by atoms with Gasteiger partial charge in [-0.05, 0) is 39.7 Å². The van der Waals surface area contributed by atoms with Crippen LogP contribution in [0.1, 0.15) is 39.2 Å². The van der Waals surface area contributed by atoms with E-state index in [1.807, 2.05) is 0 Å². The summed E-state index contributed by atoms with van der Waals surface area (Å²) in [6.45, 7) is 5.51. The highest BCUT2D eigenvalue weighted by molar-refractivity contribution is 5.75. The van der Waals surface area contributed by atoms with E-state index in [0.717, 1.165) is 0 Å². The van der Waals surface area contributed by atoms with Gasteiger partial charge in [-0.25, -0.2) is 9.18 Å². The van der Waals surface area contributed by atoms with Crippen LogP contribution in [0, 0.1) is 21.3 Å². The number of piperidine rings is 1. The minimum atomic E-state index is -5.10. The molecule has 1 aromatic carbocycles. The van der Waals surface area contributed by atoms with Gasteiger partial charge in [0.15, 0.2) is 0 Å². The number of hydrogen-bond acceptors (Lipinski definition) is 6. The van der Waals surface area contributed by atoms with Gasteiger partial charge in [0.2, 0.25) is 0 Å². The maximum absolute atomic E-state index is 13.8. The fourth-order valence-corrected chi connectivity index (χ4v) is 2.69. The Hall–Kier alpha value is -2.43. The molecular formula is C17H21F4N3O4. The summed E-state index contributed by atoms with van der Waals surface area (Å²) < 4.78 is 53.6. The van der Waals surface area contributed by atoms with E-state index >= 15 is 0 Å². The molecule has 28 heavy (non-hydrogen) atoms. The molecule has 1 saturated heterocycles. The molecular weight excluding hydrogens is 386 g/mol. The first kappa shape index (κ1) is 21.9. The second-order valence-electron chi connectivity index (χ2n) is 7.55. The number of carbonyl (C=O) groups is 1. The molecule has 0 unspecified atom stereocenters. The van der Waals surface area contributed by atoms with Crippen LogP contribution in [0.2, 0.25) is 0 Å². The van der Waals surface area contributed by atoms with Crippen molar-refractivity contribution in [3.8, 4) is 0 Å². The first-order chi connectivity index (χ1) is 12.8. The van der Waals surface area contributed by atoms with Gasteiger partial charge >= 0.3 is 12.1 Å². The van der Waals surface area contributed by atoms with E-state index in [0.29, 0.717) is 12.1 Å². The van der Waals surface area contributed by atoms with Gasteiger partial charge in [0.1, 0.15) is 17.1 Å². The van der Waals surface area contributed by atoms with Crippen LogP contribution >= 0.6 is 0 Å². The quantitative estimate of drug-likeness (QED) is 0.459. The van der Waals surface area contributed by atoms with Crippen LogP contribution in [0.25, 0.3) is 0 Å². The molecule has 1 aromatic rings. The Morgan fingerprint density at radius 2 is 1.82 bits per heavy atom. The maximum atomic E-state index is 13.8. The molecule has 0 saturated carbocycles. The largest absolute Gasteiger partial charge is 0.421 e. The Morgan fingerprint density at radius 3 is 2.29 bits per heavy atom. The van der Waals surface area contributed by atoms with Gasteiger partial charge in [-0.1, -0.05) is 0 Å². The van der Waals surface area contributed by atoms with Crippen molar-refractivity contribution >= 4 is 17.3 Å². The van der Waals surface area contributed by atoms with E-state index in [4.69, 9.17) is 4.84 Å². The first-order valence-electron chi connectivity index (χ1n) is 8.58. The van der Waals surface area contributed by atoms with Crippen molar-refractivity contribution in [2.75, 3.05) is 18.4 Å². The number of anilines is 1. The van der Waals surface area contributed by atoms with Gasteiger partial charge in [-0.15, -0.1) is 5.06 Å². The zero-order valence-corrected chi connectivity index (χ0v) is 15.6. The second-order valence-corrected chi connectivity index (χ2v) is 7.55. The molecule has 0 spiro atoms. The van der Waals surface area contributed by atoms with Crippen LogP contribution < -0.4 is 5.32 Å². The minimum absolute atomic E-state index is 0.226. The van der Waals surface area contributed by atoms with Gasteiger partial charge in [-0.3, -0.25) is 10.1 Å². The van der Waals surface area contributed by atoms with Crippen LogP contribution in [-0.4, -0.2) is 35.1 Å². The Balaban J connectivity index is 2.16. The Bertz CT molecular complexity index is 754. The van der Waals surface area contributed by atoms with E-state index in [-0.39, 0.29) is 25.9 Å². The normalized spacial score (nSPS) is 16.7. The van der Waals surface area contributed by atoms with Crippen molar-refractivity contribution in [2.45, 2.75) is 45.8 Å². The molecule has 2 rings (SSSR count). The third kappa shape index (κ3) is 5.09. The number of alkyl halides is 3. The number of nitrogens with one attached hydrogen (secondary N) is 1. The summed E-state index contributed by atoms with van der Waals surface area (Å²) in [7, 11) is 0. The van der Waals surface area contributed by atoms with E-state index in [9.17, 15) is 32.5 Å². The standard InChI is InChI=1S/C17H21F4N3O4/c1-16(2,3)15(25)28-23-8-6-10(7-9-23)22-14-12(24(26)27)5-4-11(18)13(14)17(19,20)21/h4-5,10,22H,6-9H2,1-3H3. The summed E-state index contributed by atoms with van der Waals surface area (Å²) >= 11 is 0. The SMILES string of the molecule is CC(C)(C)C(=O)ON1CCC(Nc2c([N+](=O)[O-])ccc(F)c2C(F)(F)F)CC1.